The van der Waals surface area contributed by atoms with Gasteiger partial charge in [0.1, 0.15) is 0 Å². The van der Waals surface area contributed by atoms with Crippen LogP contribution in [0.1, 0.15) is 20.8 Å². The number of morpholine rings is 2. The molecule has 24 heavy (non-hydrogen) atoms. The van der Waals surface area contributed by atoms with E-state index in [0.717, 1.165) is 38.1 Å². The first-order chi connectivity index (χ1) is 11.0. The van der Waals surface area contributed by atoms with Crippen LogP contribution in [0.25, 0.3) is 0 Å². The highest BCUT2D eigenvalue weighted by Crippen LogP contribution is 2.20. The molecule has 2 fully saturated rings. The summed E-state index contributed by atoms with van der Waals surface area (Å²) in [5.74, 6) is 2.06. The van der Waals surface area contributed by atoms with Gasteiger partial charge in [-0.15, -0.1) is 12.4 Å². The van der Waals surface area contributed by atoms with E-state index in [4.69, 9.17) is 9.47 Å². The van der Waals surface area contributed by atoms with E-state index in [1.54, 1.807) is 0 Å². The summed E-state index contributed by atoms with van der Waals surface area (Å²) in [6.45, 7) is 12.4. The molecule has 0 saturated carbocycles. The van der Waals surface area contributed by atoms with Crippen molar-refractivity contribution in [2.24, 2.45) is 0 Å². The van der Waals surface area contributed by atoms with E-state index >= 15 is 0 Å². The van der Waals surface area contributed by atoms with Crippen molar-refractivity contribution in [2.45, 2.75) is 26.3 Å². The van der Waals surface area contributed by atoms with Crippen LogP contribution in [0.15, 0.2) is 0 Å². The van der Waals surface area contributed by atoms with Crippen LogP contribution >= 0.6 is 12.4 Å². The van der Waals surface area contributed by atoms with Crippen LogP contribution in [0, 0.1) is 0 Å². The Kier molecular flexibility index (Phi) is 6.42. The fourth-order valence-electron chi connectivity index (χ4n) is 2.55. The molecule has 0 aromatic carbocycles. The van der Waals surface area contributed by atoms with Gasteiger partial charge in [-0.2, -0.15) is 15.0 Å². The number of rotatable bonds is 3. The maximum absolute atomic E-state index is 5.42. The van der Waals surface area contributed by atoms with Crippen molar-refractivity contribution in [1.82, 2.24) is 15.0 Å². The Morgan fingerprint density at radius 1 is 0.792 bits per heavy atom. The second-order valence-electron chi connectivity index (χ2n) is 6.83. The van der Waals surface area contributed by atoms with E-state index in [1.165, 1.54) is 0 Å². The number of nitrogens with one attached hydrogen (secondary N) is 1. The Labute approximate surface area is 149 Å². The molecule has 3 rings (SSSR count). The number of aromatic nitrogens is 3. The van der Waals surface area contributed by atoms with Crippen LogP contribution in [-0.2, 0) is 9.47 Å². The highest BCUT2D eigenvalue weighted by atomic mass is 35.5. The summed E-state index contributed by atoms with van der Waals surface area (Å²) in [4.78, 5) is 18.2. The van der Waals surface area contributed by atoms with Crippen molar-refractivity contribution in [1.29, 1.82) is 0 Å². The largest absolute Gasteiger partial charge is 0.378 e. The molecule has 0 aliphatic carbocycles. The van der Waals surface area contributed by atoms with Gasteiger partial charge in [0.25, 0.3) is 0 Å². The maximum Gasteiger partial charge on any atom is 0.232 e. The lowest BCUT2D eigenvalue weighted by molar-refractivity contribution is 0.121. The first-order valence-electron chi connectivity index (χ1n) is 8.21. The molecule has 1 aromatic heterocycles. The molecule has 1 N–H and O–H groups in total. The number of halogens is 1. The van der Waals surface area contributed by atoms with Crippen molar-refractivity contribution in [2.75, 3.05) is 67.7 Å². The zero-order valence-electron chi connectivity index (χ0n) is 14.6. The second-order valence-corrected chi connectivity index (χ2v) is 6.83. The van der Waals surface area contributed by atoms with Crippen molar-refractivity contribution >= 4 is 30.3 Å². The van der Waals surface area contributed by atoms with Gasteiger partial charge in [0.05, 0.1) is 26.4 Å². The fourth-order valence-corrected chi connectivity index (χ4v) is 2.55. The van der Waals surface area contributed by atoms with E-state index in [1.807, 2.05) is 0 Å². The zero-order chi connectivity index (χ0) is 16.3. The van der Waals surface area contributed by atoms with Gasteiger partial charge in [-0.1, -0.05) is 0 Å². The highest BCUT2D eigenvalue weighted by Gasteiger charge is 2.22. The van der Waals surface area contributed by atoms with E-state index in [-0.39, 0.29) is 17.9 Å². The van der Waals surface area contributed by atoms with Gasteiger partial charge >= 0.3 is 0 Å². The molecule has 9 heteroatoms. The molecule has 1 aromatic rings. The van der Waals surface area contributed by atoms with Crippen LogP contribution in [0.5, 0.6) is 0 Å². The molecule has 0 unspecified atom stereocenters. The molecule has 2 saturated heterocycles. The summed E-state index contributed by atoms with van der Waals surface area (Å²) in [5, 5.41) is 3.36. The molecule has 0 radical (unpaired) electrons. The lowest BCUT2D eigenvalue weighted by atomic mass is 10.1. The Balaban J connectivity index is 0.00000208. The van der Waals surface area contributed by atoms with Gasteiger partial charge in [-0.05, 0) is 20.8 Å². The van der Waals surface area contributed by atoms with Crippen LogP contribution in [0.2, 0.25) is 0 Å². The first kappa shape index (κ1) is 19.0. The number of hydrogen-bond donors (Lipinski definition) is 1. The predicted molar refractivity (Wildman–Crippen MR) is 96.5 cm³/mol. The molecule has 0 atom stereocenters. The van der Waals surface area contributed by atoms with Gasteiger partial charge in [-0.25, -0.2) is 0 Å². The molecule has 0 spiro atoms. The van der Waals surface area contributed by atoms with Gasteiger partial charge in [0, 0.05) is 31.7 Å². The number of nitrogens with zero attached hydrogens (tertiary/aromatic N) is 5. The topological polar surface area (TPSA) is 75.6 Å². The Morgan fingerprint density at radius 3 is 1.58 bits per heavy atom. The highest BCUT2D eigenvalue weighted by molar-refractivity contribution is 5.85. The van der Waals surface area contributed by atoms with Crippen LogP contribution < -0.4 is 15.1 Å². The Hall–Kier alpha value is -1.38. The molecule has 2 aliphatic heterocycles. The summed E-state index contributed by atoms with van der Waals surface area (Å²) in [6, 6.07) is 0. The first-order valence-corrected chi connectivity index (χ1v) is 8.21. The van der Waals surface area contributed by atoms with Crippen molar-refractivity contribution in [3.8, 4) is 0 Å². The van der Waals surface area contributed by atoms with Crippen molar-refractivity contribution in [3.63, 3.8) is 0 Å². The van der Waals surface area contributed by atoms with E-state index in [9.17, 15) is 0 Å². The normalized spacial score (nSPS) is 19.0. The molecule has 3 heterocycles. The van der Waals surface area contributed by atoms with Gasteiger partial charge in [0.15, 0.2) is 0 Å². The number of anilines is 3. The quantitative estimate of drug-likeness (QED) is 0.863. The minimum Gasteiger partial charge on any atom is -0.378 e. The average molecular weight is 359 g/mol. The predicted octanol–water partition coefficient (Wildman–Crippen LogP) is 1.18. The zero-order valence-corrected chi connectivity index (χ0v) is 15.4. The van der Waals surface area contributed by atoms with Crippen LogP contribution in [-0.4, -0.2) is 73.1 Å². The fraction of sp³-hybridized carbons (Fsp3) is 0.800. The molecule has 2 aliphatic rings. The van der Waals surface area contributed by atoms with Crippen LogP contribution in [0.3, 0.4) is 0 Å². The van der Waals surface area contributed by atoms with E-state index < -0.39 is 0 Å². The number of ether oxygens (including phenoxy) is 2. The minimum absolute atomic E-state index is 0. The van der Waals surface area contributed by atoms with Gasteiger partial charge < -0.3 is 24.6 Å². The molecule has 8 nitrogen and oxygen atoms in total. The SMILES string of the molecule is CC(C)(C)Nc1nc(N2CCOCC2)nc(N2CCOCC2)n1.Cl. The summed E-state index contributed by atoms with van der Waals surface area (Å²) in [6.07, 6.45) is 0. The van der Waals surface area contributed by atoms with Crippen LogP contribution in [0.4, 0.5) is 17.8 Å². The minimum atomic E-state index is -0.105. The molecule has 136 valence electrons. The number of hydrogen-bond acceptors (Lipinski definition) is 8. The van der Waals surface area contributed by atoms with Crippen molar-refractivity contribution in [3.05, 3.63) is 0 Å². The lowest BCUT2D eigenvalue weighted by Gasteiger charge is -2.31. The molecular weight excluding hydrogens is 332 g/mol. The third kappa shape index (κ3) is 5.06. The second kappa shape index (κ2) is 8.13. The third-order valence-corrected chi connectivity index (χ3v) is 3.69. The third-order valence-electron chi connectivity index (χ3n) is 3.69. The van der Waals surface area contributed by atoms with Gasteiger partial charge in [0.2, 0.25) is 17.8 Å². The van der Waals surface area contributed by atoms with Crippen molar-refractivity contribution < 1.29 is 9.47 Å². The lowest BCUT2D eigenvalue weighted by Crippen LogP contribution is -2.40. The van der Waals surface area contributed by atoms with Gasteiger partial charge in [-0.3, -0.25) is 0 Å². The Bertz CT molecular complexity index is 491. The summed E-state index contributed by atoms with van der Waals surface area (Å²) in [7, 11) is 0. The smallest absolute Gasteiger partial charge is 0.232 e. The summed E-state index contributed by atoms with van der Waals surface area (Å²) in [5.41, 5.74) is -0.105. The Morgan fingerprint density at radius 2 is 1.21 bits per heavy atom. The summed E-state index contributed by atoms with van der Waals surface area (Å²) >= 11 is 0. The molecule has 0 bridgehead atoms. The monoisotopic (exact) mass is 358 g/mol. The van der Waals surface area contributed by atoms with E-state index in [0.29, 0.717) is 32.4 Å². The standard InChI is InChI=1S/C15H26N6O2.ClH/c1-15(2,3)19-12-16-13(20-4-8-22-9-5-20)18-14(17-12)21-6-10-23-11-7-21;/h4-11H2,1-3H3,(H,16,17,18,19);1H. The van der Waals surface area contributed by atoms with E-state index in [2.05, 4.69) is 50.8 Å². The molecule has 0 amide bonds. The average Bonchev–Trinajstić information content (AvgIpc) is 2.55. The maximum atomic E-state index is 5.42. The summed E-state index contributed by atoms with van der Waals surface area (Å²) < 4.78 is 10.8. The molecular formula is C15H27ClN6O2.